The number of carbonyl (C=O) groups is 4. The molecule has 0 amide bonds. The summed E-state index contributed by atoms with van der Waals surface area (Å²) in [6, 6.07) is 13.7. The van der Waals surface area contributed by atoms with E-state index in [4.69, 9.17) is 19.7 Å². The fourth-order valence-electron chi connectivity index (χ4n) is 2.91. The fraction of sp³-hybridized carbons (Fsp3) is 0.200. The van der Waals surface area contributed by atoms with Crippen LogP contribution in [-0.4, -0.2) is 34.1 Å². The van der Waals surface area contributed by atoms with Gasteiger partial charge in [0, 0.05) is 28.7 Å². The second-order valence-electron chi connectivity index (χ2n) is 7.78. The quantitative estimate of drug-likeness (QED) is 0.351. The van der Waals surface area contributed by atoms with E-state index in [0.29, 0.717) is 0 Å². The zero-order valence-electron chi connectivity index (χ0n) is 18.6. The molecule has 2 rings (SSSR count). The van der Waals surface area contributed by atoms with Gasteiger partial charge in [-0.2, -0.15) is 0 Å². The number of aliphatic carboxylic acids is 2. The second-order valence-corrected chi connectivity index (χ2v) is 7.78. The number of rotatable bonds is 8. The van der Waals surface area contributed by atoms with Gasteiger partial charge in [-0.25, -0.2) is 19.2 Å². The van der Waals surface area contributed by atoms with Crippen molar-refractivity contribution in [2.24, 2.45) is 0 Å². The molecule has 33 heavy (non-hydrogen) atoms. The molecule has 2 aromatic rings. The molecule has 0 aliphatic heterocycles. The Morgan fingerprint density at radius 2 is 0.970 bits per heavy atom. The van der Waals surface area contributed by atoms with E-state index in [1.54, 1.807) is 48.5 Å². The highest BCUT2D eigenvalue weighted by molar-refractivity contribution is 5.96. The molecule has 0 heterocycles. The molecule has 2 aromatic carbocycles. The second kappa shape index (κ2) is 10.4. The first kappa shape index (κ1) is 25.1. The Kier molecular flexibility index (Phi) is 7.90. The molecule has 0 atom stereocenters. The minimum Gasteiger partial charge on any atom is -0.478 e. The molecular weight excluding hydrogens is 428 g/mol. The minimum absolute atomic E-state index is 0.0265. The Morgan fingerprint density at radius 1 is 0.667 bits per heavy atom. The predicted molar refractivity (Wildman–Crippen MR) is 119 cm³/mol. The summed E-state index contributed by atoms with van der Waals surface area (Å²) in [5.41, 5.74) is 1.35. The molecule has 0 unspecified atom stereocenters. The molecule has 0 radical (unpaired) electrons. The Bertz CT molecular complexity index is 1030. The van der Waals surface area contributed by atoms with Gasteiger partial charge in [0.15, 0.2) is 0 Å². The van der Waals surface area contributed by atoms with E-state index < -0.39 is 29.3 Å². The number of hydrogen-bond donors (Lipinski definition) is 2. The van der Waals surface area contributed by atoms with Crippen LogP contribution in [-0.2, 0) is 24.6 Å². The Morgan fingerprint density at radius 3 is 1.24 bits per heavy atom. The highest BCUT2D eigenvalue weighted by Crippen LogP contribution is 2.33. The standard InChI is InChI=1S/C25H24O8/c1-15(13-21(26)27)23(30)32-19-9-5-17(6-10-19)25(3,4)18-7-11-20(12-8-18)33-24(31)16(2)14-22(28)29/h5-14H,1-4H3,(H,26,27)(H,28,29). The molecule has 0 bridgehead atoms. The van der Waals surface area contributed by atoms with Crippen LogP contribution in [0.5, 0.6) is 11.5 Å². The average molecular weight is 452 g/mol. The lowest BCUT2D eigenvalue weighted by molar-refractivity contribution is -0.133. The van der Waals surface area contributed by atoms with E-state index in [0.717, 1.165) is 23.3 Å². The lowest BCUT2D eigenvalue weighted by Crippen LogP contribution is -2.19. The lowest BCUT2D eigenvalue weighted by Gasteiger charge is -2.26. The minimum atomic E-state index is -1.23. The van der Waals surface area contributed by atoms with Gasteiger partial charge in [-0.15, -0.1) is 0 Å². The average Bonchev–Trinajstić information content (AvgIpc) is 2.73. The largest absolute Gasteiger partial charge is 0.478 e. The molecule has 0 saturated heterocycles. The van der Waals surface area contributed by atoms with Gasteiger partial charge in [-0.05, 0) is 49.2 Å². The Balaban J connectivity index is 2.13. The van der Waals surface area contributed by atoms with Crippen LogP contribution in [0, 0.1) is 0 Å². The summed E-state index contributed by atoms with van der Waals surface area (Å²) in [5.74, 6) is -3.39. The molecule has 172 valence electrons. The van der Waals surface area contributed by atoms with Crippen LogP contribution in [0.1, 0.15) is 38.8 Å². The third-order valence-corrected chi connectivity index (χ3v) is 4.90. The van der Waals surface area contributed by atoms with Crippen molar-refractivity contribution in [3.05, 3.63) is 83.0 Å². The van der Waals surface area contributed by atoms with Gasteiger partial charge in [0.25, 0.3) is 0 Å². The van der Waals surface area contributed by atoms with Gasteiger partial charge in [0.05, 0.1) is 0 Å². The zero-order valence-corrected chi connectivity index (χ0v) is 18.6. The van der Waals surface area contributed by atoms with Crippen molar-refractivity contribution >= 4 is 23.9 Å². The maximum atomic E-state index is 11.9. The van der Waals surface area contributed by atoms with Crippen molar-refractivity contribution in [3.63, 3.8) is 0 Å². The van der Waals surface area contributed by atoms with Gasteiger partial charge < -0.3 is 19.7 Å². The van der Waals surface area contributed by atoms with Crippen LogP contribution in [0.15, 0.2) is 71.8 Å². The third kappa shape index (κ3) is 6.90. The number of esters is 2. The van der Waals surface area contributed by atoms with Crippen molar-refractivity contribution in [1.29, 1.82) is 0 Å². The summed E-state index contributed by atoms with van der Waals surface area (Å²) in [5, 5.41) is 17.4. The van der Waals surface area contributed by atoms with Crippen LogP contribution in [0.3, 0.4) is 0 Å². The van der Waals surface area contributed by atoms with Gasteiger partial charge in [0.1, 0.15) is 11.5 Å². The zero-order chi connectivity index (χ0) is 24.8. The summed E-state index contributed by atoms with van der Waals surface area (Å²) in [6.45, 7) is 6.71. The first-order valence-electron chi connectivity index (χ1n) is 9.88. The molecule has 2 N–H and O–H groups in total. The molecule has 8 nitrogen and oxygen atoms in total. The summed E-state index contributed by atoms with van der Waals surface area (Å²) in [7, 11) is 0. The first-order valence-corrected chi connectivity index (χ1v) is 9.88. The van der Waals surface area contributed by atoms with Crippen molar-refractivity contribution in [2.45, 2.75) is 33.1 Å². The monoisotopic (exact) mass is 452 g/mol. The first-order chi connectivity index (χ1) is 15.4. The Labute approximate surface area is 190 Å². The summed E-state index contributed by atoms with van der Waals surface area (Å²) < 4.78 is 10.4. The highest BCUT2D eigenvalue weighted by Gasteiger charge is 2.23. The maximum absolute atomic E-state index is 11.9. The van der Waals surface area contributed by atoms with Crippen molar-refractivity contribution in [3.8, 4) is 11.5 Å². The lowest BCUT2D eigenvalue weighted by atomic mass is 9.78. The molecular formula is C25H24O8. The smallest absolute Gasteiger partial charge is 0.339 e. The predicted octanol–water partition coefficient (Wildman–Crippen LogP) is 3.89. The van der Waals surface area contributed by atoms with Crippen LogP contribution in [0.2, 0.25) is 0 Å². The normalized spacial score (nSPS) is 12.1. The molecule has 0 spiro atoms. The van der Waals surface area contributed by atoms with Crippen LogP contribution < -0.4 is 9.47 Å². The van der Waals surface area contributed by atoms with E-state index in [9.17, 15) is 19.2 Å². The van der Waals surface area contributed by atoms with Crippen molar-refractivity contribution in [2.75, 3.05) is 0 Å². The number of carbonyl (C=O) groups excluding carboxylic acids is 2. The van der Waals surface area contributed by atoms with E-state index in [-0.39, 0.29) is 22.6 Å². The van der Waals surface area contributed by atoms with Crippen LogP contribution >= 0.6 is 0 Å². The number of carboxylic acids is 2. The number of hydrogen-bond acceptors (Lipinski definition) is 6. The van der Waals surface area contributed by atoms with E-state index in [2.05, 4.69) is 0 Å². The number of benzene rings is 2. The molecule has 0 aliphatic rings. The van der Waals surface area contributed by atoms with Gasteiger partial charge in [-0.3, -0.25) is 0 Å². The van der Waals surface area contributed by atoms with Crippen LogP contribution in [0.25, 0.3) is 0 Å². The fourth-order valence-corrected chi connectivity index (χ4v) is 2.91. The van der Waals surface area contributed by atoms with Crippen molar-refractivity contribution < 1.29 is 38.9 Å². The maximum Gasteiger partial charge on any atom is 0.339 e. The van der Waals surface area contributed by atoms with Crippen LogP contribution in [0.4, 0.5) is 0 Å². The van der Waals surface area contributed by atoms with E-state index in [1.807, 2.05) is 13.8 Å². The summed E-state index contributed by atoms with van der Waals surface area (Å²) >= 11 is 0. The third-order valence-electron chi connectivity index (χ3n) is 4.90. The summed E-state index contributed by atoms with van der Waals surface area (Å²) in [4.78, 5) is 45.2. The van der Waals surface area contributed by atoms with Crippen molar-refractivity contribution in [1.82, 2.24) is 0 Å². The van der Waals surface area contributed by atoms with E-state index >= 15 is 0 Å². The molecule has 0 aliphatic carbocycles. The van der Waals surface area contributed by atoms with Gasteiger partial charge in [0.2, 0.25) is 0 Å². The van der Waals surface area contributed by atoms with Gasteiger partial charge >= 0.3 is 23.9 Å². The molecule has 8 heteroatoms. The van der Waals surface area contributed by atoms with Gasteiger partial charge in [-0.1, -0.05) is 38.1 Å². The molecule has 0 saturated carbocycles. The Hall–Kier alpha value is -4.20. The SMILES string of the molecule is CC(=CC(=O)O)C(=O)Oc1ccc(C(C)(C)c2ccc(OC(=O)C(C)=CC(=O)O)cc2)cc1. The topological polar surface area (TPSA) is 127 Å². The number of ether oxygens (including phenoxy) is 2. The van der Waals surface area contributed by atoms with E-state index in [1.165, 1.54) is 13.8 Å². The number of carboxylic acid groups (broad SMARTS) is 2. The molecule has 0 fully saturated rings. The highest BCUT2D eigenvalue weighted by atomic mass is 16.5. The summed E-state index contributed by atoms with van der Waals surface area (Å²) in [6.07, 6.45) is 1.56. The molecule has 0 aromatic heterocycles.